The highest BCUT2D eigenvalue weighted by molar-refractivity contribution is 7.92. The Balaban J connectivity index is 2.33. The molecule has 0 fully saturated rings. The monoisotopic (exact) mass is 283 g/mol. The van der Waals surface area contributed by atoms with Crippen molar-refractivity contribution in [1.29, 1.82) is 0 Å². The second kappa shape index (κ2) is 4.83. The summed E-state index contributed by atoms with van der Waals surface area (Å²) in [5, 5.41) is 0.527. The Morgan fingerprint density at radius 2 is 1.83 bits per heavy atom. The zero-order chi connectivity index (χ0) is 13.2. The van der Waals surface area contributed by atoms with Crippen LogP contribution >= 0.6 is 11.6 Å². The van der Waals surface area contributed by atoms with Gasteiger partial charge in [-0.25, -0.2) is 13.4 Å². The van der Waals surface area contributed by atoms with Crippen LogP contribution in [0.25, 0.3) is 0 Å². The zero-order valence-electron chi connectivity index (χ0n) is 9.17. The topological polar surface area (TPSA) is 85.1 Å². The first-order chi connectivity index (χ1) is 8.49. The third-order valence-corrected chi connectivity index (χ3v) is 3.87. The number of sulfonamides is 1. The summed E-state index contributed by atoms with van der Waals surface area (Å²) in [6, 6.07) is 9.20. The molecule has 1 aromatic heterocycles. The number of halogens is 1. The molecule has 0 saturated carbocycles. The molecule has 2 aromatic rings. The first kappa shape index (κ1) is 12.7. The van der Waals surface area contributed by atoms with Gasteiger partial charge in [0.25, 0.3) is 10.0 Å². The lowest BCUT2D eigenvalue weighted by molar-refractivity contribution is 0.601. The lowest BCUT2D eigenvalue weighted by Crippen LogP contribution is -2.15. The van der Waals surface area contributed by atoms with Crippen molar-refractivity contribution in [3.63, 3.8) is 0 Å². The number of hydrogen-bond acceptors (Lipinski definition) is 4. The van der Waals surface area contributed by atoms with Gasteiger partial charge in [0.15, 0.2) is 0 Å². The van der Waals surface area contributed by atoms with Crippen molar-refractivity contribution in [2.75, 3.05) is 10.5 Å². The maximum atomic E-state index is 12.0. The number of aromatic nitrogens is 1. The molecule has 0 atom stereocenters. The van der Waals surface area contributed by atoms with E-state index in [0.29, 0.717) is 10.7 Å². The van der Waals surface area contributed by atoms with Crippen LogP contribution in [0.2, 0.25) is 5.02 Å². The van der Waals surface area contributed by atoms with Crippen molar-refractivity contribution in [2.24, 2.45) is 0 Å². The van der Waals surface area contributed by atoms with Crippen molar-refractivity contribution >= 4 is 33.1 Å². The zero-order valence-corrected chi connectivity index (χ0v) is 10.7. The van der Waals surface area contributed by atoms with Gasteiger partial charge in [-0.2, -0.15) is 0 Å². The van der Waals surface area contributed by atoms with E-state index in [1.807, 2.05) is 0 Å². The molecule has 3 N–H and O–H groups in total. The molecule has 0 aliphatic heterocycles. The van der Waals surface area contributed by atoms with E-state index in [9.17, 15) is 8.42 Å². The van der Waals surface area contributed by atoms with Crippen LogP contribution in [-0.2, 0) is 10.0 Å². The van der Waals surface area contributed by atoms with E-state index in [-0.39, 0.29) is 10.7 Å². The first-order valence-corrected chi connectivity index (χ1v) is 6.84. The molecule has 0 amide bonds. The molecule has 5 nitrogen and oxygen atoms in total. The van der Waals surface area contributed by atoms with E-state index in [2.05, 4.69) is 9.71 Å². The maximum absolute atomic E-state index is 12.0. The summed E-state index contributed by atoms with van der Waals surface area (Å²) in [5.41, 5.74) is 5.94. The number of benzene rings is 1. The Kier molecular flexibility index (Phi) is 3.40. The lowest BCUT2D eigenvalue weighted by atomic mass is 10.3. The van der Waals surface area contributed by atoms with Gasteiger partial charge < -0.3 is 5.73 Å². The average molecular weight is 284 g/mol. The molecular formula is C11H10ClN3O2S. The molecule has 1 aromatic carbocycles. The van der Waals surface area contributed by atoms with E-state index in [1.54, 1.807) is 24.3 Å². The summed E-state index contributed by atoms with van der Waals surface area (Å²) in [5.74, 6) is -0.0426. The largest absolute Gasteiger partial charge is 0.383 e. The van der Waals surface area contributed by atoms with Gasteiger partial charge in [0.1, 0.15) is 10.7 Å². The maximum Gasteiger partial charge on any atom is 0.265 e. The Labute approximate surface area is 110 Å². The van der Waals surface area contributed by atoms with Crippen LogP contribution in [0.4, 0.5) is 11.5 Å². The summed E-state index contributed by atoms with van der Waals surface area (Å²) < 4.78 is 26.5. The van der Waals surface area contributed by atoms with E-state index < -0.39 is 10.0 Å². The molecule has 7 heteroatoms. The molecule has 18 heavy (non-hydrogen) atoms. The van der Waals surface area contributed by atoms with Gasteiger partial charge in [-0.1, -0.05) is 11.6 Å². The van der Waals surface area contributed by atoms with Gasteiger partial charge in [0.2, 0.25) is 0 Å². The molecule has 0 aliphatic carbocycles. The fraction of sp³-hybridized carbons (Fsp3) is 0. The van der Waals surface area contributed by atoms with Crippen LogP contribution in [0.15, 0.2) is 47.5 Å². The molecular weight excluding hydrogens is 274 g/mol. The molecule has 2 rings (SSSR count). The van der Waals surface area contributed by atoms with Crippen molar-refractivity contribution in [1.82, 2.24) is 4.98 Å². The molecule has 0 spiro atoms. The molecule has 0 radical (unpaired) electrons. The number of hydrogen-bond donors (Lipinski definition) is 2. The fourth-order valence-corrected chi connectivity index (χ4v) is 2.63. The molecule has 0 bridgehead atoms. The van der Waals surface area contributed by atoms with E-state index in [0.717, 1.165) is 0 Å². The lowest BCUT2D eigenvalue weighted by Gasteiger charge is -2.09. The minimum absolute atomic E-state index is 0.0426. The van der Waals surface area contributed by atoms with Crippen LogP contribution in [0, 0.1) is 0 Å². The van der Waals surface area contributed by atoms with Gasteiger partial charge >= 0.3 is 0 Å². The number of nitrogens with two attached hydrogens (primary N) is 1. The quantitative estimate of drug-likeness (QED) is 0.903. The van der Waals surface area contributed by atoms with Crippen LogP contribution < -0.4 is 10.5 Å². The van der Waals surface area contributed by atoms with Crippen molar-refractivity contribution in [2.45, 2.75) is 4.90 Å². The average Bonchev–Trinajstić information content (AvgIpc) is 2.32. The minimum atomic E-state index is -3.74. The molecule has 1 heterocycles. The SMILES string of the molecule is Nc1ncccc1S(=O)(=O)Nc1ccc(Cl)cc1. The van der Waals surface area contributed by atoms with Crippen LogP contribution in [0.1, 0.15) is 0 Å². The Bertz CT molecular complexity index is 656. The van der Waals surface area contributed by atoms with Crippen molar-refractivity contribution in [3.05, 3.63) is 47.6 Å². The normalized spacial score (nSPS) is 11.2. The van der Waals surface area contributed by atoms with Gasteiger partial charge in [0, 0.05) is 16.9 Å². The third kappa shape index (κ3) is 2.72. The van der Waals surface area contributed by atoms with Crippen LogP contribution in [0.3, 0.4) is 0 Å². The molecule has 0 unspecified atom stereocenters. The third-order valence-electron chi connectivity index (χ3n) is 2.19. The Morgan fingerprint density at radius 3 is 2.44 bits per heavy atom. The standard InChI is InChI=1S/C11H10ClN3O2S/c12-8-3-5-9(6-4-8)15-18(16,17)10-2-1-7-14-11(10)13/h1-7,15H,(H2,13,14). The van der Waals surface area contributed by atoms with Gasteiger partial charge in [-0.3, -0.25) is 4.72 Å². The number of pyridine rings is 1. The molecule has 94 valence electrons. The Morgan fingerprint density at radius 1 is 1.17 bits per heavy atom. The van der Waals surface area contributed by atoms with Gasteiger partial charge in [0.05, 0.1) is 0 Å². The number of nitrogens with zero attached hydrogens (tertiary/aromatic N) is 1. The van der Waals surface area contributed by atoms with Crippen LogP contribution in [-0.4, -0.2) is 13.4 Å². The minimum Gasteiger partial charge on any atom is -0.383 e. The summed E-state index contributed by atoms with van der Waals surface area (Å²) in [6.45, 7) is 0. The predicted molar refractivity (Wildman–Crippen MR) is 70.9 cm³/mol. The highest BCUT2D eigenvalue weighted by Crippen LogP contribution is 2.20. The number of rotatable bonds is 3. The number of nitrogen functional groups attached to an aromatic ring is 1. The van der Waals surface area contributed by atoms with Crippen LogP contribution in [0.5, 0.6) is 0 Å². The first-order valence-electron chi connectivity index (χ1n) is 4.98. The van der Waals surface area contributed by atoms with E-state index in [4.69, 9.17) is 17.3 Å². The highest BCUT2D eigenvalue weighted by atomic mass is 35.5. The summed E-state index contributed by atoms with van der Waals surface area (Å²) in [4.78, 5) is 3.68. The van der Waals surface area contributed by atoms with Crippen molar-refractivity contribution < 1.29 is 8.42 Å². The van der Waals surface area contributed by atoms with Gasteiger partial charge in [-0.05, 0) is 36.4 Å². The second-order valence-electron chi connectivity index (χ2n) is 3.50. The van der Waals surface area contributed by atoms with Gasteiger partial charge in [-0.15, -0.1) is 0 Å². The fourth-order valence-electron chi connectivity index (χ4n) is 1.36. The number of anilines is 2. The summed E-state index contributed by atoms with van der Waals surface area (Å²) in [6.07, 6.45) is 1.43. The van der Waals surface area contributed by atoms with Crippen molar-refractivity contribution in [3.8, 4) is 0 Å². The Hall–Kier alpha value is -1.79. The summed E-state index contributed by atoms with van der Waals surface area (Å²) in [7, 11) is -3.74. The highest BCUT2D eigenvalue weighted by Gasteiger charge is 2.17. The summed E-state index contributed by atoms with van der Waals surface area (Å²) >= 11 is 5.72. The predicted octanol–water partition coefficient (Wildman–Crippen LogP) is 2.12. The number of nitrogens with one attached hydrogen (secondary N) is 1. The molecule has 0 aliphatic rings. The second-order valence-corrected chi connectivity index (χ2v) is 5.59. The smallest absolute Gasteiger partial charge is 0.265 e. The molecule has 0 saturated heterocycles. The van der Waals surface area contributed by atoms with E-state index in [1.165, 1.54) is 18.3 Å². The van der Waals surface area contributed by atoms with E-state index >= 15 is 0 Å².